The molecule has 0 aromatic heterocycles. The Bertz CT molecular complexity index is 144. The molecule has 0 heterocycles. The predicted molar refractivity (Wildman–Crippen MR) is 53.0 cm³/mol. The fourth-order valence-corrected chi connectivity index (χ4v) is 1.11. The van der Waals surface area contributed by atoms with Gasteiger partial charge in [-0.15, -0.1) is 0 Å². The predicted octanol–water partition coefficient (Wildman–Crippen LogP) is -0.325. The van der Waals surface area contributed by atoms with Crippen LogP contribution in [0.1, 0.15) is 6.92 Å². The van der Waals surface area contributed by atoms with Crippen LogP contribution in [0.25, 0.3) is 0 Å². The second-order valence-electron chi connectivity index (χ2n) is 1.42. The largest absolute Gasteiger partial charge is 0.480 e. The molecule has 0 fully saturated rings. The number of rotatable bonds is 2. The molecule has 0 saturated carbocycles. The number of carbonyl (C=O) groups is 1. The Morgan fingerprint density at radius 3 is 2.09 bits per heavy atom. The Hall–Kier alpha value is 1.71. The van der Waals surface area contributed by atoms with Gasteiger partial charge in [0.1, 0.15) is 9.57 Å². The normalized spacial score (nSPS) is 10.3. The van der Waals surface area contributed by atoms with Crippen LogP contribution >= 0.6 is 24.0 Å². The van der Waals surface area contributed by atoms with Crippen LogP contribution in [0.2, 0.25) is 0 Å². The minimum atomic E-state index is -0.896. The molecule has 3 nitrogen and oxygen atoms in total. The van der Waals surface area contributed by atoms with Crippen molar-refractivity contribution in [1.82, 2.24) is 0 Å². The standard InChI is InChI=1S/C4H7NO2S2.2Na/c1-2(3(6)7)9-4(5)8;;/h2H,1H3,(H2,5,8)(H,6,7);;. The maximum atomic E-state index is 10.1. The first-order valence-corrected chi connectivity index (χ1v) is 3.51. The molecule has 0 aromatic carbocycles. The first-order chi connectivity index (χ1) is 4.04. The van der Waals surface area contributed by atoms with Crippen LogP contribution < -0.4 is 5.73 Å². The van der Waals surface area contributed by atoms with Crippen LogP contribution in [0.4, 0.5) is 0 Å². The molecule has 0 amide bonds. The summed E-state index contributed by atoms with van der Waals surface area (Å²) in [7, 11) is 0. The number of hydrogen-bond acceptors (Lipinski definition) is 3. The summed E-state index contributed by atoms with van der Waals surface area (Å²) in [5, 5.41) is 7.76. The number of thioether (sulfide) groups is 1. The maximum absolute atomic E-state index is 10.1. The minimum absolute atomic E-state index is 0. The van der Waals surface area contributed by atoms with E-state index in [1.807, 2.05) is 0 Å². The zero-order valence-corrected chi connectivity index (χ0v) is 12.5. The second kappa shape index (κ2) is 9.80. The molecule has 1 unspecified atom stereocenters. The van der Waals surface area contributed by atoms with Gasteiger partial charge in [0.25, 0.3) is 0 Å². The van der Waals surface area contributed by atoms with Gasteiger partial charge in [0.05, 0.1) is 0 Å². The Kier molecular flexibility index (Phi) is 16.5. The van der Waals surface area contributed by atoms with Gasteiger partial charge >= 0.3 is 5.97 Å². The summed E-state index contributed by atoms with van der Waals surface area (Å²) >= 11 is 5.44. The van der Waals surface area contributed by atoms with E-state index in [4.69, 9.17) is 10.8 Å². The zero-order valence-electron chi connectivity index (χ0n) is 6.83. The van der Waals surface area contributed by atoms with E-state index in [1.165, 1.54) is 6.92 Å². The Morgan fingerprint density at radius 1 is 1.64 bits per heavy atom. The smallest absolute Gasteiger partial charge is 0.316 e. The molecule has 0 aliphatic carbocycles. The van der Waals surface area contributed by atoms with Crippen molar-refractivity contribution in [3.63, 3.8) is 0 Å². The fourth-order valence-electron chi connectivity index (χ4n) is 0.225. The summed E-state index contributed by atoms with van der Waals surface area (Å²) < 4.78 is 0.171. The molecule has 0 rings (SSSR count). The first-order valence-electron chi connectivity index (χ1n) is 2.23. The number of nitrogens with two attached hydrogens (primary N) is 1. The van der Waals surface area contributed by atoms with Gasteiger partial charge < -0.3 is 10.8 Å². The first kappa shape index (κ1) is 18.5. The molecule has 0 aliphatic heterocycles. The minimum Gasteiger partial charge on any atom is -0.480 e. The van der Waals surface area contributed by atoms with Crippen molar-refractivity contribution in [2.45, 2.75) is 12.2 Å². The van der Waals surface area contributed by atoms with Crippen molar-refractivity contribution in [2.75, 3.05) is 0 Å². The SMILES string of the molecule is CC(SC(N)=S)C(=O)O.[Na].[Na]. The van der Waals surface area contributed by atoms with Crippen molar-refractivity contribution in [3.8, 4) is 0 Å². The zero-order chi connectivity index (χ0) is 7.44. The maximum Gasteiger partial charge on any atom is 0.316 e. The topological polar surface area (TPSA) is 63.3 Å². The van der Waals surface area contributed by atoms with Gasteiger partial charge in [0.2, 0.25) is 0 Å². The van der Waals surface area contributed by atoms with Gasteiger partial charge in [-0.3, -0.25) is 4.79 Å². The monoisotopic (exact) mass is 211 g/mol. The third kappa shape index (κ3) is 11.7. The number of hydrogen-bond donors (Lipinski definition) is 2. The average molecular weight is 211 g/mol. The number of carboxylic acids is 1. The number of carboxylic acid groups (broad SMARTS) is 1. The fraction of sp³-hybridized carbons (Fsp3) is 0.500. The summed E-state index contributed by atoms with van der Waals surface area (Å²) in [5.41, 5.74) is 5.06. The Labute approximate surface area is 119 Å². The van der Waals surface area contributed by atoms with Crippen molar-refractivity contribution >= 4 is 93.4 Å². The molecule has 0 bridgehead atoms. The number of thiocarbonyl (C=S) groups is 1. The van der Waals surface area contributed by atoms with Crippen LogP contribution in [-0.2, 0) is 4.79 Å². The Balaban J connectivity index is -0.000000320. The molecule has 0 aliphatic rings. The van der Waals surface area contributed by atoms with Crippen molar-refractivity contribution in [3.05, 3.63) is 0 Å². The summed E-state index contributed by atoms with van der Waals surface area (Å²) in [6.07, 6.45) is 0. The van der Waals surface area contributed by atoms with Gasteiger partial charge in [-0.2, -0.15) is 0 Å². The van der Waals surface area contributed by atoms with Crippen LogP contribution in [0.5, 0.6) is 0 Å². The molecule has 2 radical (unpaired) electrons. The van der Waals surface area contributed by atoms with Gasteiger partial charge in [0, 0.05) is 59.1 Å². The molecule has 11 heavy (non-hydrogen) atoms. The molecular formula is C4H7NNa2O2S2. The third-order valence-corrected chi connectivity index (χ3v) is 1.72. The molecule has 0 saturated heterocycles. The molecular weight excluding hydrogens is 204 g/mol. The van der Waals surface area contributed by atoms with Gasteiger partial charge in [-0.1, -0.05) is 24.0 Å². The molecule has 0 aromatic rings. The van der Waals surface area contributed by atoms with E-state index in [9.17, 15) is 4.79 Å². The molecule has 7 heteroatoms. The quantitative estimate of drug-likeness (QED) is 0.484. The average Bonchev–Trinajstić information content (AvgIpc) is 1.63. The van der Waals surface area contributed by atoms with Crippen molar-refractivity contribution < 1.29 is 9.90 Å². The summed E-state index contributed by atoms with van der Waals surface area (Å²) in [6.45, 7) is 1.53. The van der Waals surface area contributed by atoms with E-state index < -0.39 is 11.2 Å². The van der Waals surface area contributed by atoms with Crippen LogP contribution in [0.15, 0.2) is 0 Å². The van der Waals surface area contributed by atoms with E-state index in [1.54, 1.807) is 0 Å². The van der Waals surface area contributed by atoms with E-state index >= 15 is 0 Å². The van der Waals surface area contributed by atoms with Crippen LogP contribution in [-0.4, -0.2) is 79.8 Å². The molecule has 54 valence electrons. The molecule has 0 spiro atoms. The van der Waals surface area contributed by atoms with Gasteiger partial charge in [0.15, 0.2) is 0 Å². The van der Waals surface area contributed by atoms with Crippen molar-refractivity contribution in [1.29, 1.82) is 0 Å². The van der Waals surface area contributed by atoms with Crippen LogP contribution in [0.3, 0.4) is 0 Å². The summed E-state index contributed by atoms with van der Waals surface area (Å²) in [4.78, 5) is 10.1. The second-order valence-corrected chi connectivity index (χ2v) is 3.50. The van der Waals surface area contributed by atoms with E-state index in [0.717, 1.165) is 11.8 Å². The van der Waals surface area contributed by atoms with Crippen molar-refractivity contribution in [2.24, 2.45) is 5.73 Å². The summed E-state index contributed by atoms with van der Waals surface area (Å²) in [5.74, 6) is -0.896. The van der Waals surface area contributed by atoms with E-state index in [-0.39, 0.29) is 63.4 Å². The Morgan fingerprint density at radius 2 is 2.00 bits per heavy atom. The third-order valence-electron chi connectivity index (χ3n) is 0.641. The summed E-state index contributed by atoms with van der Waals surface area (Å²) in [6, 6.07) is 0. The molecule has 3 N–H and O–H groups in total. The van der Waals surface area contributed by atoms with E-state index in [2.05, 4.69) is 12.2 Å². The van der Waals surface area contributed by atoms with Crippen LogP contribution in [0, 0.1) is 0 Å². The van der Waals surface area contributed by atoms with Gasteiger partial charge in [-0.25, -0.2) is 0 Å². The molecule has 1 atom stereocenters. The number of aliphatic carboxylic acids is 1. The van der Waals surface area contributed by atoms with Gasteiger partial charge in [-0.05, 0) is 6.92 Å². The van der Waals surface area contributed by atoms with E-state index in [0.29, 0.717) is 0 Å².